The Morgan fingerprint density at radius 2 is 0.330 bits per heavy atom. The zero-order chi connectivity index (χ0) is 81.1. The van der Waals surface area contributed by atoms with Gasteiger partial charge in [-0.25, -0.2) is 0 Å². The number of hydrogen-bond donors (Lipinski definition) is 5. The van der Waals surface area contributed by atoms with E-state index in [1.54, 1.807) is 67.5 Å². The van der Waals surface area contributed by atoms with E-state index in [1.807, 2.05) is 36.4 Å². The number of fused-ring (bicyclic) bond motifs is 9. The molecule has 16 rings (SSSR count). The van der Waals surface area contributed by atoms with Crippen molar-refractivity contribution in [2.45, 2.75) is 0 Å². The zero-order valence-electron chi connectivity index (χ0n) is 58.9. The van der Waals surface area contributed by atoms with Crippen molar-refractivity contribution < 1.29 is 220 Å². The van der Waals surface area contributed by atoms with Gasteiger partial charge in [-0.15, -0.1) is 0 Å². The number of aromatic hydroxyl groups is 5. The van der Waals surface area contributed by atoms with E-state index in [-0.39, 0.29) is 182 Å². The summed E-state index contributed by atoms with van der Waals surface area (Å²) < 4.78 is 0. The van der Waals surface area contributed by atoms with E-state index in [9.17, 15) is 79.5 Å². The van der Waals surface area contributed by atoms with Crippen LogP contribution in [0.1, 0.15) is 72.5 Å². The molecule has 0 fully saturated rings. The summed E-state index contributed by atoms with van der Waals surface area (Å²) in [7, 11) is 0. The number of pyridine rings is 6. The fourth-order valence-corrected chi connectivity index (χ4v) is 9.54. The number of carboxylic acids is 7. The van der Waals surface area contributed by atoms with Crippen LogP contribution in [-0.2, 0) is 0 Å². The number of carboxylic acid groups (broad SMARTS) is 7. The first-order chi connectivity index (χ1) is 53.9. The van der Waals surface area contributed by atoms with Crippen LogP contribution in [0.5, 0.6) is 40.2 Å². The topological polar surface area (TPSA) is 506 Å². The Morgan fingerprint density at radius 1 is 0.191 bits per heavy atom. The minimum atomic E-state index is -1.43. The molecular formula is C85H57Dy3N6O21. The Hall–Kier alpha value is -12.6. The molecule has 0 bridgehead atoms. The predicted octanol–water partition coefficient (Wildman–Crippen LogP) is 5.37. The molecule has 30 heteroatoms. The van der Waals surface area contributed by atoms with Crippen molar-refractivity contribution in [2.24, 2.45) is 0 Å². The Bertz CT molecular complexity index is 5000. The van der Waals surface area contributed by atoms with Crippen molar-refractivity contribution in [1.29, 1.82) is 0 Å². The van der Waals surface area contributed by atoms with Crippen LogP contribution >= 0.6 is 0 Å². The number of carbonyl (C=O) groups excluding carboxylic acids is 7. The van der Waals surface area contributed by atoms with Gasteiger partial charge in [0, 0.05) is 97.3 Å². The maximum atomic E-state index is 10.6. The second-order valence-electron chi connectivity index (χ2n) is 22.2. The SMILES string of the molecule is O=C([O-])c1ccccc1O.O=C([O-])c1ccccc1O.O=C([O-])c1ccccc1O.O=C([O-])c1ccccc1O.O=C([O-])c1ccccc1O.O=C([O-])c1ccccc1[O-].O=C([O-])c1ccccc1[O-].[Dy+3].[Dy+3].[Dy+3].c1cnc2c(c1)ccc1cccnc12.c1cnc2c(c1)ccc1cccnc12.c1cnc2c(c1)ccc1cccnc12. The van der Waals surface area contributed by atoms with E-state index in [1.165, 1.54) is 140 Å². The summed E-state index contributed by atoms with van der Waals surface area (Å²) in [5.74, 6) is -12.0. The molecule has 0 saturated heterocycles. The number of nitrogens with zero attached hydrogens (tertiary/aromatic N) is 6. The van der Waals surface area contributed by atoms with Gasteiger partial charge in [0.05, 0.1) is 74.9 Å². The van der Waals surface area contributed by atoms with Crippen LogP contribution in [0, 0.1) is 115 Å². The molecule has 16 aromatic rings. The average molecular weight is 1990 g/mol. The summed E-state index contributed by atoms with van der Waals surface area (Å²) in [6, 6.07) is 75.4. The van der Waals surface area contributed by atoms with Crippen LogP contribution in [0.2, 0.25) is 0 Å². The molecule has 115 heavy (non-hydrogen) atoms. The van der Waals surface area contributed by atoms with Crippen LogP contribution < -0.4 is 46.0 Å². The maximum absolute atomic E-state index is 10.6. The van der Waals surface area contributed by atoms with Gasteiger partial charge in [0.25, 0.3) is 0 Å². The molecule has 6 heterocycles. The first-order valence-corrected chi connectivity index (χ1v) is 32.5. The van der Waals surface area contributed by atoms with E-state index < -0.39 is 53.3 Å². The van der Waals surface area contributed by atoms with Crippen molar-refractivity contribution in [3.8, 4) is 40.2 Å². The van der Waals surface area contributed by atoms with Crippen LogP contribution in [0.4, 0.5) is 0 Å². The third-order valence-corrected chi connectivity index (χ3v) is 14.9. The summed E-state index contributed by atoms with van der Waals surface area (Å²) in [4.78, 5) is 97.1. The Balaban J connectivity index is 0.000000269. The first kappa shape index (κ1) is 94.7. The maximum Gasteiger partial charge on any atom is 3.00 e. The van der Waals surface area contributed by atoms with Gasteiger partial charge in [-0.1, -0.05) is 193 Å². The van der Waals surface area contributed by atoms with Gasteiger partial charge in [0.1, 0.15) is 28.7 Å². The monoisotopic (exact) mass is 1990 g/mol. The number of rotatable bonds is 7. The number of phenols is 5. The Morgan fingerprint density at radius 3 is 0.452 bits per heavy atom. The molecule has 6 aromatic heterocycles. The molecule has 0 spiro atoms. The van der Waals surface area contributed by atoms with Crippen LogP contribution in [-0.4, -0.2) is 97.2 Å². The summed E-state index contributed by atoms with van der Waals surface area (Å²) in [6.07, 6.45) is 10.8. The van der Waals surface area contributed by atoms with E-state index in [0.717, 1.165) is 65.4 Å². The van der Waals surface area contributed by atoms with Crippen molar-refractivity contribution >= 4 is 107 Å². The van der Waals surface area contributed by atoms with Crippen molar-refractivity contribution in [2.75, 3.05) is 0 Å². The van der Waals surface area contributed by atoms with Crippen LogP contribution in [0.15, 0.2) is 316 Å². The van der Waals surface area contributed by atoms with E-state index in [0.29, 0.717) is 0 Å². The van der Waals surface area contributed by atoms with Crippen LogP contribution in [0.25, 0.3) is 65.4 Å². The molecule has 0 unspecified atom stereocenters. The molecule has 0 amide bonds. The second kappa shape index (κ2) is 49.0. The molecular weight excluding hydrogens is 1930 g/mol. The summed E-state index contributed by atoms with van der Waals surface area (Å²) in [5, 5.41) is 143. The van der Waals surface area contributed by atoms with Gasteiger partial charge >= 0.3 is 115 Å². The van der Waals surface area contributed by atoms with Crippen LogP contribution in [0.3, 0.4) is 0 Å². The Kier molecular flexibility index (Phi) is 40.4. The largest absolute Gasteiger partial charge is 3.00 e. The average Bonchev–Trinajstić information content (AvgIpc) is 0.806. The number of benzene rings is 10. The minimum absolute atomic E-state index is 0. The number of hydrogen-bond acceptors (Lipinski definition) is 27. The summed E-state index contributed by atoms with van der Waals surface area (Å²) >= 11 is 0. The summed E-state index contributed by atoms with van der Waals surface area (Å²) in [6.45, 7) is 0. The van der Waals surface area contributed by atoms with E-state index in [2.05, 4.69) is 103 Å². The molecule has 0 atom stereocenters. The molecule has 0 saturated carbocycles. The second-order valence-corrected chi connectivity index (χ2v) is 22.2. The third-order valence-electron chi connectivity index (χ3n) is 14.9. The molecule has 0 aliphatic heterocycles. The van der Waals surface area contributed by atoms with Gasteiger partial charge in [-0.2, -0.15) is 0 Å². The smallest absolute Gasteiger partial charge is 0.872 e. The fraction of sp³-hybridized carbons (Fsp3) is 0. The molecule has 0 aliphatic carbocycles. The van der Waals surface area contributed by atoms with Gasteiger partial charge in [-0.05, 0) is 108 Å². The normalized spacial score (nSPS) is 9.57. The zero-order valence-corrected chi connectivity index (χ0v) is 65.0. The number of carbonyl (C=O) groups is 7. The molecule has 0 aliphatic rings. The molecule has 27 nitrogen and oxygen atoms in total. The van der Waals surface area contributed by atoms with E-state index >= 15 is 0 Å². The standard InChI is InChI=1S/3C12H8N2.7C7H6O3.3Dy/c3*1-3-9-5-6-10-4-2-8-14-12(10)11(9)13-7-1;7*8-6-4-2-1-3-5(6)7(9)10;;;/h3*1-8H;7*1-4,8H,(H,9,10);;;/q;;;;;;;;;;3*+3/p-9. The third kappa shape index (κ3) is 29.1. The van der Waals surface area contributed by atoms with Gasteiger partial charge in [0.15, 0.2) is 0 Å². The van der Waals surface area contributed by atoms with Gasteiger partial charge < -0.3 is 105 Å². The predicted molar refractivity (Wildman–Crippen MR) is 394 cm³/mol. The van der Waals surface area contributed by atoms with Crippen molar-refractivity contribution in [3.05, 3.63) is 355 Å². The van der Waals surface area contributed by atoms with Gasteiger partial charge in [-0.3, -0.25) is 29.9 Å². The van der Waals surface area contributed by atoms with E-state index in [4.69, 9.17) is 25.5 Å². The van der Waals surface area contributed by atoms with Crippen molar-refractivity contribution in [1.82, 2.24) is 29.9 Å². The molecule has 10 aromatic carbocycles. The fourth-order valence-electron chi connectivity index (χ4n) is 9.54. The Labute approximate surface area is 744 Å². The molecule has 3 radical (unpaired) electrons. The number of aromatic nitrogens is 6. The number of para-hydroxylation sites is 7. The quantitative estimate of drug-likeness (QED) is 0.125. The molecule has 5 N–H and O–H groups in total. The van der Waals surface area contributed by atoms with Crippen molar-refractivity contribution in [3.63, 3.8) is 0 Å². The minimum Gasteiger partial charge on any atom is -0.872 e. The first-order valence-electron chi connectivity index (χ1n) is 32.5. The summed E-state index contributed by atoms with van der Waals surface area (Å²) in [5.41, 5.74) is 4.39. The molecule has 583 valence electrons. The van der Waals surface area contributed by atoms with Gasteiger partial charge in [0.2, 0.25) is 0 Å². The number of aromatic carboxylic acids is 7.